The summed E-state index contributed by atoms with van der Waals surface area (Å²) in [5, 5.41) is 9.00. The maximum Gasteiger partial charge on any atom is 0.237 e. The molecular weight excluding hydrogens is 266 g/mol. The fourth-order valence-electron chi connectivity index (χ4n) is 2.59. The average Bonchev–Trinajstić information content (AvgIpc) is 3.30. The van der Waals surface area contributed by atoms with Crippen LogP contribution in [0.5, 0.6) is 0 Å². The lowest BCUT2D eigenvalue weighted by Crippen LogP contribution is -2.48. The molecule has 1 heterocycles. The molecule has 5 nitrogen and oxygen atoms in total. The summed E-state index contributed by atoms with van der Waals surface area (Å²) in [7, 11) is 0. The fourth-order valence-corrected chi connectivity index (χ4v) is 2.59. The molecule has 21 heavy (non-hydrogen) atoms. The maximum atomic E-state index is 12.1. The van der Waals surface area contributed by atoms with E-state index in [-0.39, 0.29) is 17.9 Å². The number of carbonyl (C=O) groups is 2. The van der Waals surface area contributed by atoms with Gasteiger partial charge in [-0.2, -0.15) is 0 Å². The van der Waals surface area contributed by atoms with Crippen molar-refractivity contribution in [1.82, 2.24) is 16.0 Å². The summed E-state index contributed by atoms with van der Waals surface area (Å²) in [5.74, 6) is 0.00322. The number of nitrogens with one attached hydrogen (secondary N) is 3. The zero-order valence-corrected chi connectivity index (χ0v) is 12.0. The molecule has 0 spiro atoms. The number of amides is 2. The van der Waals surface area contributed by atoms with Gasteiger partial charge in [-0.05, 0) is 30.4 Å². The SMILES string of the molecule is O=C(CCNC(=O)C1Cc2ccccc2CN1)NC1CC1. The quantitative estimate of drug-likeness (QED) is 0.738. The molecule has 2 aliphatic rings. The minimum absolute atomic E-state index is 0.0243. The third-order valence-electron chi connectivity index (χ3n) is 3.99. The highest BCUT2D eigenvalue weighted by Gasteiger charge is 2.25. The third-order valence-corrected chi connectivity index (χ3v) is 3.99. The molecule has 1 aromatic rings. The van der Waals surface area contributed by atoms with Crippen LogP contribution >= 0.6 is 0 Å². The molecule has 0 saturated heterocycles. The Labute approximate surface area is 124 Å². The normalized spacial score (nSPS) is 20.5. The Balaban J connectivity index is 1.42. The number of hydrogen-bond acceptors (Lipinski definition) is 3. The van der Waals surface area contributed by atoms with Gasteiger partial charge in [0.25, 0.3) is 0 Å². The van der Waals surface area contributed by atoms with Crippen LogP contribution in [0.3, 0.4) is 0 Å². The van der Waals surface area contributed by atoms with E-state index < -0.39 is 0 Å². The highest BCUT2D eigenvalue weighted by Crippen LogP contribution is 2.18. The van der Waals surface area contributed by atoms with Crippen molar-refractivity contribution in [2.45, 2.75) is 44.3 Å². The lowest BCUT2D eigenvalue weighted by Gasteiger charge is -2.25. The molecule has 3 N–H and O–H groups in total. The predicted molar refractivity (Wildman–Crippen MR) is 79.6 cm³/mol. The van der Waals surface area contributed by atoms with Gasteiger partial charge in [-0.3, -0.25) is 9.59 Å². The van der Waals surface area contributed by atoms with Crippen LogP contribution in [0.15, 0.2) is 24.3 Å². The molecule has 1 saturated carbocycles. The molecule has 2 amide bonds. The summed E-state index contributed by atoms with van der Waals surface area (Å²) >= 11 is 0. The molecule has 0 bridgehead atoms. The van der Waals surface area contributed by atoms with E-state index >= 15 is 0 Å². The maximum absolute atomic E-state index is 12.1. The second-order valence-electron chi connectivity index (χ2n) is 5.79. The minimum Gasteiger partial charge on any atom is -0.354 e. The minimum atomic E-state index is -0.202. The summed E-state index contributed by atoms with van der Waals surface area (Å²) in [5.41, 5.74) is 2.48. The zero-order chi connectivity index (χ0) is 14.7. The van der Waals surface area contributed by atoms with Crippen molar-refractivity contribution in [3.63, 3.8) is 0 Å². The van der Waals surface area contributed by atoms with Crippen molar-refractivity contribution >= 4 is 11.8 Å². The second kappa shape index (κ2) is 6.26. The summed E-state index contributed by atoms with van der Waals surface area (Å²) in [6.07, 6.45) is 3.23. The van der Waals surface area contributed by atoms with Crippen LogP contribution in [0.25, 0.3) is 0 Å². The Kier molecular flexibility index (Phi) is 4.20. The number of hydrogen-bond donors (Lipinski definition) is 3. The van der Waals surface area contributed by atoms with Crippen LogP contribution in [0, 0.1) is 0 Å². The molecule has 5 heteroatoms. The Morgan fingerprint density at radius 3 is 2.71 bits per heavy atom. The lowest BCUT2D eigenvalue weighted by molar-refractivity contribution is -0.123. The molecule has 1 aliphatic carbocycles. The Morgan fingerprint density at radius 1 is 1.19 bits per heavy atom. The summed E-state index contributed by atoms with van der Waals surface area (Å²) in [4.78, 5) is 23.7. The van der Waals surface area contributed by atoms with Gasteiger partial charge in [0.2, 0.25) is 11.8 Å². The van der Waals surface area contributed by atoms with Crippen LogP contribution in [0.4, 0.5) is 0 Å². The van der Waals surface area contributed by atoms with E-state index in [0.717, 1.165) is 19.4 Å². The van der Waals surface area contributed by atoms with Gasteiger partial charge >= 0.3 is 0 Å². The van der Waals surface area contributed by atoms with Gasteiger partial charge in [0.05, 0.1) is 6.04 Å². The van der Waals surface area contributed by atoms with Gasteiger partial charge in [-0.25, -0.2) is 0 Å². The van der Waals surface area contributed by atoms with Gasteiger partial charge in [0.1, 0.15) is 0 Å². The van der Waals surface area contributed by atoms with Gasteiger partial charge in [-0.1, -0.05) is 24.3 Å². The Bertz CT molecular complexity index is 540. The third kappa shape index (κ3) is 3.82. The second-order valence-corrected chi connectivity index (χ2v) is 5.79. The van der Waals surface area contributed by atoms with Crippen molar-refractivity contribution in [3.05, 3.63) is 35.4 Å². The standard InChI is InChI=1S/C16H21N3O2/c20-15(19-13-5-6-13)7-8-17-16(21)14-9-11-3-1-2-4-12(11)10-18-14/h1-4,13-14,18H,5-10H2,(H,17,21)(H,19,20). The van der Waals surface area contributed by atoms with Gasteiger partial charge in [0.15, 0.2) is 0 Å². The highest BCUT2D eigenvalue weighted by molar-refractivity contribution is 5.83. The highest BCUT2D eigenvalue weighted by atomic mass is 16.2. The first-order chi connectivity index (χ1) is 10.2. The molecule has 1 aromatic carbocycles. The molecule has 1 fully saturated rings. The zero-order valence-electron chi connectivity index (χ0n) is 12.0. The molecule has 3 rings (SSSR count). The van der Waals surface area contributed by atoms with Crippen molar-refractivity contribution in [3.8, 4) is 0 Å². The van der Waals surface area contributed by atoms with Crippen LogP contribution < -0.4 is 16.0 Å². The van der Waals surface area contributed by atoms with Gasteiger partial charge in [0, 0.05) is 25.6 Å². The van der Waals surface area contributed by atoms with Gasteiger partial charge < -0.3 is 16.0 Å². The average molecular weight is 287 g/mol. The van der Waals surface area contributed by atoms with E-state index in [1.54, 1.807) is 0 Å². The van der Waals surface area contributed by atoms with Crippen molar-refractivity contribution in [1.29, 1.82) is 0 Å². The first kappa shape index (κ1) is 14.1. The van der Waals surface area contributed by atoms with Crippen LogP contribution in [-0.2, 0) is 22.6 Å². The molecule has 1 aliphatic heterocycles. The molecule has 112 valence electrons. The monoisotopic (exact) mass is 287 g/mol. The summed E-state index contributed by atoms with van der Waals surface area (Å²) in [6, 6.07) is 8.34. The Morgan fingerprint density at radius 2 is 1.95 bits per heavy atom. The summed E-state index contributed by atoms with van der Waals surface area (Å²) < 4.78 is 0. The number of benzene rings is 1. The van der Waals surface area contributed by atoms with E-state index in [2.05, 4.69) is 28.1 Å². The first-order valence-corrected chi connectivity index (χ1v) is 7.59. The molecule has 1 unspecified atom stereocenters. The molecule has 0 radical (unpaired) electrons. The fraction of sp³-hybridized carbons (Fsp3) is 0.500. The number of carbonyl (C=O) groups excluding carboxylic acids is 2. The van der Waals surface area contributed by atoms with Crippen molar-refractivity contribution < 1.29 is 9.59 Å². The smallest absolute Gasteiger partial charge is 0.237 e. The predicted octanol–water partition coefficient (Wildman–Crippen LogP) is 0.486. The van der Waals surface area contributed by atoms with Crippen LogP contribution in [-0.4, -0.2) is 30.4 Å². The van der Waals surface area contributed by atoms with Crippen molar-refractivity contribution in [2.24, 2.45) is 0 Å². The van der Waals surface area contributed by atoms with E-state index in [1.807, 2.05) is 12.1 Å². The lowest BCUT2D eigenvalue weighted by atomic mass is 9.95. The largest absolute Gasteiger partial charge is 0.354 e. The molecule has 0 aromatic heterocycles. The summed E-state index contributed by atoms with van der Waals surface area (Å²) in [6.45, 7) is 1.12. The topological polar surface area (TPSA) is 70.2 Å². The van der Waals surface area contributed by atoms with Crippen LogP contribution in [0.1, 0.15) is 30.4 Å². The van der Waals surface area contributed by atoms with E-state index in [4.69, 9.17) is 0 Å². The van der Waals surface area contributed by atoms with Crippen molar-refractivity contribution in [2.75, 3.05) is 6.54 Å². The van der Waals surface area contributed by atoms with Gasteiger partial charge in [-0.15, -0.1) is 0 Å². The van der Waals surface area contributed by atoms with Crippen LogP contribution in [0.2, 0.25) is 0 Å². The molecular formula is C16H21N3O2. The number of rotatable bonds is 5. The first-order valence-electron chi connectivity index (χ1n) is 7.59. The number of fused-ring (bicyclic) bond motifs is 1. The molecule has 1 atom stereocenters. The van der Waals surface area contributed by atoms with E-state index in [9.17, 15) is 9.59 Å². The van der Waals surface area contributed by atoms with E-state index in [0.29, 0.717) is 25.4 Å². The Hall–Kier alpha value is -1.88. The van der Waals surface area contributed by atoms with E-state index in [1.165, 1.54) is 11.1 Å².